The summed E-state index contributed by atoms with van der Waals surface area (Å²) in [5, 5.41) is 10.8. The number of primary amides is 1. The van der Waals surface area contributed by atoms with E-state index in [1.165, 1.54) is 0 Å². The molecule has 9 heteroatoms. The molecule has 0 aliphatic heterocycles. The van der Waals surface area contributed by atoms with Crippen molar-refractivity contribution >= 4 is 17.9 Å². The van der Waals surface area contributed by atoms with E-state index in [2.05, 4.69) is 0 Å². The highest BCUT2D eigenvalue weighted by Crippen LogP contribution is 2.00. The van der Waals surface area contributed by atoms with Gasteiger partial charge in [-0.3, -0.25) is 4.79 Å². The number of carboxylic acid groups (broad SMARTS) is 1. The van der Waals surface area contributed by atoms with E-state index in [1.807, 2.05) is 5.32 Å². The van der Waals surface area contributed by atoms with Crippen LogP contribution in [0.5, 0.6) is 0 Å². The first kappa shape index (κ1) is 16.1. The third-order valence-corrected chi connectivity index (χ3v) is 2.03. The number of hydrogen-bond donors (Lipinski definition) is 3. The standard InChI is InChI=1S/C9H15F2N3O4/c1-14(4-6(10)11)9(18)13-5(8(16)17)2-3-7(12)15/h5-6H,2-4H2,1H3,(H2,12,15)(H,13,18)(H,16,17)/t5-/m1/s1. The Hall–Kier alpha value is -1.93. The maximum absolute atomic E-state index is 12.0. The van der Waals surface area contributed by atoms with Crippen LogP contribution in [0, 0.1) is 0 Å². The smallest absolute Gasteiger partial charge is 0.326 e. The van der Waals surface area contributed by atoms with Crippen molar-refractivity contribution in [3.63, 3.8) is 0 Å². The minimum atomic E-state index is -2.71. The van der Waals surface area contributed by atoms with Crippen LogP contribution in [-0.2, 0) is 9.59 Å². The zero-order valence-corrected chi connectivity index (χ0v) is 9.73. The number of urea groups is 1. The molecule has 0 aromatic heterocycles. The molecule has 0 spiro atoms. The Bertz CT molecular complexity index is 325. The van der Waals surface area contributed by atoms with Crippen LogP contribution in [0.1, 0.15) is 12.8 Å². The monoisotopic (exact) mass is 267 g/mol. The lowest BCUT2D eigenvalue weighted by Crippen LogP contribution is -2.48. The summed E-state index contributed by atoms with van der Waals surface area (Å²) in [6.45, 7) is -0.812. The predicted molar refractivity (Wildman–Crippen MR) is 57.0 cm³/mol. The quantitative estimate of drug-likeness (QED) is 0.583. The number of nitrogens with zero attached hydrogens (tertiary/aromatic N) is 1. The first-order chi connectivity index (χ1) is 8.23. The molecule has 1 atom stereocenters. The molecule has 0 aliphatic rings. The normalized spacial score (nSPS) is 12.0. The minimum Gasteiger partial charge on any atom is -0.480 e. The van der Waals surface area contributed by atoms with Gasteiger partial charge in [-0.2, -0.15) is 0 Å². The van der Waals surface area contributed by atoms with Crippen molar-refractivity contribution in [2.24, 2.45) is 5.73 Å². The van der Waals surface area contributed by atoms with Crippen LogP contribution in [0.2, 0.25) is 0 Å². The van der Waals surface area contributed by atoms with Gasteiger partial charge in [0.2, 0.25) is 5.91 Å². The number of nitrogens with two attached hydrogens (primary N) is 1. The fourth-order valence-corrected chi connectivity index (χ4v) is 1.09. The van der Waals surface area contributed by atoms with Gasteiger partial charge in [-0.1, -0.05) is 0 Å². The van der Waals surface area contributed by atoms with E-state index in [4.69, 9.17) is 10.8 Å². The van der Waals surface area contributed by atoms with Crippen LogP contribution in [0.4, 0.5) is 13.6 Å². The van der Waals surface area contributed by atoms with Gasteiger partial charge in [-0.05, 0) is 6.42 Å². The summed E-state index contributed by atoms with van der Waals surface area (Å²) in [6.07, 6.45) is -3.14. The van der Waals surface area contributed by atoms with Crippen molar-refractivity contribution in [2.45, 2.75) is 25.3 Å². The first-order valence-electron chi connectivity index (χ1n) is 5.05. The van der Waals surface area contributed by atoms with Gasteiger partial charge in [0.05, 0.1) is 6.54 Å². The van der Waals surface area contributed by atoms with Crippen molar-refractivity contribution in [3.05, 3.63) is 0 Å². The van der Waals surface area contributed by atoms with E-state index in [0.717, 1.165) is 7.05 Å². The lowest BCUT2D eigenvalue weighted by molar-refractivity contribution is -0.139. The second kappa shape index (κ2) is 7.41. The van der Waals surface area contributed by atoms with E-state index in [0.29, 0.717) is 4.90 Å². The Morgan fingerprint density at radius 3 is 2.33 bits per heavy atom. The van der Waals surface area contributed by atoms with Gasteiger partial charge in [-0.25, -0.2) is 18.4 Å². The molecule has 18 heavy (non-hydrogen) atoms. The Balaban J connectivity index is 4.35. The van der Waals surface area contributed by atoms with E-state index < -0.39 is 36.9 Å². The molecule has 104 valence electrons. The van der Waals surface area contributed by atoms with Gasteiger partial charge in [0.25, 0.3) is 6.43 Å². The first-order valence-corrected chi connectivity index (χ1v) is 5.05. The summed E-state index contributed by atoms with van der Waals surface area (Å²) >= 11 is 0. The Morgan fingerprint density at radius 2 is 1.94 bits per heavy atom. The molecule has 0 aromatic carbocycles. The van der Waals surface area contributed by atoms with Crippen molar-refractivity contribution in [3.8, 4) is 0 Å². The van der Waals surface area contributed by atoms with Crippen LogP contribution in [-0.4, -0.2) is 54.0 Å². The fraction of sp³-hybridized carbons (Fsp3) is 0.667. The summed E-state index contributed by atoms with van der Waals surface area (Å²) in [5.74, 6) is -2.08. The summed E-state index contributed by atoms with van der Waals surface area (Å²) in [7, 11) is 1.11. The highest BCUT2D eigenvalue weighted by molar-refractivity contribution is 5.83. The lowest BCUT2D eigenvalue weighted by atomic mass is 10.1. The minimum absolute atomic E-state index is 0.196. The molecule has 3 amide bonds. The van der Waals surface area contributed by atoms with Crippen LogP contribution in [0.3, 0.4) is 0 Å². The second-order valence-electron chi connectivity index (χ2n) is 3.62. The van der Waals surface area contributed by atoms with Gasteiger partial charge >= 0.3 is 12.0 Å². The molecule has 0 heterocycles. The number of carboxylic acids is 1. The molecule has 0 aliphatic carbocycles. The molecule has 7 nitrogen and oxygen atoms in total. The molecule has 0 rings (SSSR count). The number of halogens is 2. The average Bonchev–Trinajstić information content (AvgIpc) is 2.21. The maximum atomic E-state index is 12.0. The van der Waals surface area contributed by atoms with Crippen molar-refractivity contribution in [2.75, 3.05) is 13.6 Å². The molecule has 0 aromatic rings. The van der Waals surface area contributed by atoms with Crippen LogP contribution in [0.15, 0.2) is 0 Å². The average molecular weight is 267 g/mol. The molecule has 0 unspecified atom stereocenters. The number of hydrogen-bond acceptors (Lipinski definition) is 3. The number of carbonyl (C=O) groups excluding carboxylic acids is 2. The summed E-state index contributed by atoms with van der Waals surface area (Å²) < 4.78 is 24.0. The van der Waals surface area contributed by atoms with Crippen LogP contribution < -0.4 is 11.1 Å². The Kier molecular flexibility index (Phi) is 6.61. The van der Waals surface area contributed by atoms with E-state index in [9.17, 15) is 23.2 Å². The van der Waals surface area contributed by atoms with Crippen molar-refractivity contribution < 1.29 is 28.3 Å². The lowest BCUT2D eigenvalue weighted by Gasteiger charge is -2.20. The summed E-state index contributed by atoms with van der Waals surface area (Å²) in [4.78, 5) is 33.3. The summed E-state index contributed by atoms with van der Waals surface area (Å²) in [6, 6.07) is -2.29. The number of rotatable bonds is 7. The number of nitrogens with one attached hydrogen (secondary N) is 1. The SMILES string of the molecule is CN(CC(F)F)C(=O)N[C@H](CCC(N)=O)C(=O)O. The summed E-state index contributed by atoms with van der Waals surface area (Å²) in [5.41, 5.74) is 4.84. The highest BCUT2D eigenvalue weighted by atomic mass is 19.3. The Morgan fingerprint density at radius 1 is 1.39 bits per heavy atom. The van der Waals surface area contributed by atoms with Gasteiger partial charge in [0.1, 0.15) is 6.04 Å². The van der Waals surface area contributed by atoms with Crippen LogP contribution >= 0.6 is 0 Å². The topological polar surface area (TPSA) is 113 Å². The number of carbonyl (C=O) groups is 3. The molecular weight excluding hydrogens is 252 g/mol. The molecule has 0 saturated carbocycles. The molecule has 0 radical (unpaired) electrons. The van der Waals surface area contributed by atoms with E-state index >= 15 is 0 Å². The zero-order chi connectivity index (χ0) is 14.3. The number of aliphatic carboxylic acids is 1. The molecule has 0 bridgehead atoms. The second-order valence-corrected chi connectivity index (χ2v) is 3.62. The Labute approximate surface area is 102 Å². The third kappa shape index (κ3) is 6.61. The predicted octanol–water partition coefficient (Wildman–Crippen LogP) is -0.388. The van der Waals surface area contributed by atoms with E-state index in [1.54, 1.807) is 0 Å². The third-order valence-electron chi connectivity index (χ3n) is 2.03. The van der Waals surface area contributed by atoms with Crippen molar-refractivity contribution in [1.82, 2.24) is 10.2 Å². The van der Waals surface area contributed by atoms with Gasteiger partial charge in [0.15, 0.2) is 0 Å². The zero-order valence-electron chi connectivity index (χ0n) is 9.73. The number of amides is 3. The van der Waals surface area contributed by atoms with Gasteiger partial charge in [0, 0.05) is 13.5 Å². The maximum Gasteiger partial charge on any atom is 0.326 e. The van der Waals surface area contributed by atoms with E-state index in [-0.39, 0.29) is 12.8 Å². The van der Waals surface area contributed by atoms with Gasteiger partial charge in [-0.15, -0.1) is 0 Å². The molecular formula is C9H15F2N3O4. The van der Waals surface area contributed by atoms with Gasteiger partial charge < -0.3 is 21.1 Å². The van der Waals surface area contributed by atoms with Crippen molar-refractivity contribution in [1.29, 1.82) is 0 Å². The molecule has 0 saturated heterocycles. The van der Waals surface area contributed by atoms with Crippen LogP contribution in [0.25, 0.3) is 0 Å². The molecule has 0 fully saturated rings. The number of alkyl halides is 2. The highest BCUT2D eigenvalue weighted by Gasteiger charge is 2.23. The largest absolute Gasteiger partial charge is 0.480 e. The fourth-order valence-electron chi connectivity index (χ4n) is 1.09. The molecule has 4 N–H and O–H groups in total.